The topological polar surface area (TPSA) is 15.3 Å². The van der Waals surface area contributed by atoms with Gasteiger partial charge in [0.15, 0.2) is 0 Å². The summed E-state index contributed by atoms with van der Waals surface area (Å²) in [6.45, 7) is 7.68. The monoisotopic (exact) mass is 316 g/mol. The normalized spacial score (nSPS) is 20.1. The van der Waals surface area contributed by atoms with Gasteiger partial charge >= 0.3 is 0 Å². The van der Waals surface area contributed by atoms with E-state index in [0.717, 1.165) is 29.1 Å². The minimum atomic E-state index is 0.155. The van der Waals surface area contributed by atoms with Crippen molar-refractivity contribution in [3.05, 3.63) is 27.7 Å². The summed E-state index contributed by atoms with van der Waals surface area (Å²) in [6, 6.07) is 6.14. The Morgan fingerprint density at radius 3 is 2.88 bits per heavy atom. The van der Waals surface area contributed by atoms with Crippen LogP contribution in [0.2, 0.25) is 5.02 Å². The van der Waals surface area contributed by atoms with Crippen LogP contribution >= 0.6 is 27.5 Å². The molecule has 0 atom stereocenters. The highest BCUT2D eigenvalue weighted by molar-refractivity contribution is 9.10. The van der Waals surface area contributed by atoms with Gasteiger partial charge in [-0.1, -0.05) is 11.6 Å². The molecule has 17 heavy (non-hydrogen) atoms. The molecule has 2 nitrogen and oxygen atoms in total. The van der Waals surface area contributed by atoms with Gasteiger partial charge in [-0.3, -0.25) is 0 Å². The molecule has 1 aliphatic rings. The van der Waals surface area contributed by atoms with E-state index in [2.05, 4.69) is 52.1 Å². The molecule has 0 radical (unpaired) electrons. The Balaban J connectivity index is 2.22. The van der Waals surface area contributed by atoms with Crippen LogP contribution in [0, 0.1) is 0 Å². The van der Waals surface area contributed by atoms with E-state index < -0.39 is 0 Å². The first-order chi connectivity index (χ1) is 7.98. The van der Waals surface area contributed by atoms with E-state index >= 15 is 0 Å². The number of rotatable bonds is 1. The van der Waals surface area contributed by atoms with Crippen molar-refractivity contribution >= 4 is 33.2 Å². The van der Waals surface area contributed by atoms with Crippen molar-refractivity contribution in [1.82, 2.24) is 5.32 Å². The number of benzene rings is 1. The molecule has 1 N–H and O–H groups in total. The van der Waals surface area contributed by atoms with Crippen LogP contribution in [0.15, 0.2) is 22.7 Å². The molecule has 1 aromatic rings. The lowest BCUT2D eigenvalue weighted by Crippen LogP contribution is -2.46. The van der Waals surface area contributed by atoms with Crippen LogP contribution in [0.1, 0.15) is 20.3 Å². The standard InChI is InChI=1S/C13H18BrClN2/c1-13(2)9-17(7-3-6-16-13)10-4-5-12(15)11(14)8-10/h4-5,8,16H,3,6-7,9H2,1-2H3. The molecule has 0 saturated carbocycles. The third kappa shape index (κ3) is 3.36. The fourth-order valence-electron chi connectivity index (χ4n) is 2.21. The lowest BCUT2D eigenvalue weighted by molar-refractivity contribution is 0.416. The molecular formula is C13H18BrClN2. The second-order valence-electron chi connectivity index (χ2n) is 5.18. The number of hydrogen-bond donors (Lipinski definition) is 1. The van der Waals surface area contributed by atoms with Gasteiger partial charge in [0.05, 0.1) is 5.02 Å². The van der Waals surface area contributed by atoms with Crippen molar-refractivity contribution in [1.29, 1.82) is 0 Å². The maximum atomic E-state index is 6.03. The highest BCUT2D eigenvalue weighted by Gasteiger charge is 2.24. The summed E-state index contributed by atoms with van der Waals surface area (Å²) in [4.78, 5) is 2.42. The summed E-state index contributed by atoms with van der Waals surface area (Å²) >= 11 is 9.52. The molecule has 1 fully saturated rings. The molecule has 2 rings (SSSR count). The number of nitrogens with one attached hydrogen (secondary N) is 1. The summed E-state index contributed by atoms with van der Waals surface area (Å²) in [7, 11) is 0. The summed E-state index contributed by atoms with van der Waals surface area (Å²) in [5.41, 5.74) is 1.39. The number of halogens is 2. The average molecular weight is 318 g/mol. The highest BCUT2D eigenvalue weighted by Crippen LogP contribution is 2.29. The number of anilines is 1. The summed E-state index contributed by atoms with van der Waals surface area (Å²) < 4.78 is 0.965. The summed E-state index contributed by atoms with van der Waals surface area (Å²) in [6.07, 6.45) is 1.17. The Morgan fingerprint density at radius 2 is 2.18 bits per heavy atom. The zero-order valence-corrected chi connectivity index (χ0v) is 12.6. The first-order valence-corrected chi connectivity index (χ1v) is 7.10. The van der Waals surface area contributed by atoms with Crippen LogP contribution in [0.4, 0.5) is 5.69 Å². The molecule has 1 saturated heterocycles. The van der Waals surface area contributed by atoms with Crippen molar-refractivity contribution in [3.8, 4) is 0 Å². The van der Waals surface area contributed by atoms with Crippen LogP contribution in [-0.4, -0.2) is 25.2 Å². The summed E-state index contributed by atoms with van der Waals surface area (Å²) in [5.74, 6) is 0. The molecule has 1 aliphatic heterocycles. The molecule has 0 aliphatic carbocycles. The van der Waals surface area contributed by atoms with Gasteiger partial charge < -0.3 is 10.2 Å². The van der Waals surface area contributed by atoms with Gasteiger partial charge in [-0.05, 0) is 60.9 Å². The van der Waals surface area contributed by atoms with Gasteiger partial charge in [0.2, 0.25) is 0 Å². The maximum Gasteiger partial charge on any atom is 0.0549 e. The minimum absolute atomic E-state index is 0.155. The Labute approximate surface area is 116 Å². The zero-order valence-electron chi connectivity index (χ0n) is 10.3. The van der Waals surface area contributed by atoms with Crippen LogP contribution < -0.4 is 10.2 Å². The van der Waals surface area contributed by atoms with Gasteiger partial charge in [-0.15, -0.1) is 0 Å². The van der Waals surface area contributed by atoms with Gasteiger partial charge in [0.25, 0.3) is 0 Å². The van der Waals surface area contributed by atoms with Crippen LogP contribution in [0.3, 0.4) is 0 Å². The van der Waals surface area contributed by atoms with Crippen molar-refractivity contribution < 1.29 is 0 Å². The molecular weight excluding hydrogens is 300 g/mol. The zero-order chi connectivity index (χ0) is 12.5. The maximum absolute atomic E-state index is 6.03. The third-order valence-electron chi connectivity index (χ3n) is 3.06. The second-order valence-corrected chi connectivity index (χ2v) is 6.45. The smallest absolute Gasteiger partial charge is 0.0549 e. The fraction of sp³-hybridized carbons (Fsp3) is 0.538. The van der Waals surface area contributed by atoms with E-state index in [0.29, 0.717) is 0 Å². The Morgan fingerprint density at radius 1 is 1.41 bits per heavy atom. The molecule has 0 bridgehead atoms. The number of nitrogens with zero attached hydrogens (tertiary/aromatic N) is 1. The quantitative estimate of drug-likeness (QED) is 0.850. The van der Waals surface area contributed by atoms with Crippen molar-refractivity contribution in [2.24, 2.45) is 0 Å². The van der Waals surface area contributed by atoms with E-state index in [9.17, 15) is 0 Å². The number of hydrogen-bond acceptors (Lipinski definition) is 2. The van der Waals surface area contributed by atoms with Crippen LogP contribution in [0.5, 0.6) is 0 Å². The summed E-state index contributed by atoms with van der Waals surface area (Å²) in [5, 5.41) is 4.33. The average Bonchev–Trinajstić information content (AvgIpc) is 2.43. The molecule has 4 heteroatoms. The molecule has 0 aromatic heterocycles. The highest BCUT2D eigenvalue weighted by atomic mass is 79.9. The lowest BCUT2D eigenvalue weighted by atomic mass is 10.1. The molecule has 0 spiro atoms. The minimum Gasteiger partial charge on any atom is -0.370 e. The van der Waals surface area contributed by atoms with E-state index in [-0.39, 0.29) is 5.54 Å². The molecule has 0 unspecified atom stereocenters. The van der Waals surface area contributed by atoms with Gasteiger partial charge in [-0.2, -0.15) is 0 Å². The van der Waals surface area contributed by atoms with Gasteiger partial charge in [-0.25, -0.2) is 0 Å². The Kier molecular flexibility index (Phi) is 4.01. The molecule has 94 valence electrons. The SMILES string of the molecule is CC1(C)CN(c2ccc(Cl)c(Br)c2)CCCN1. The van der Waals surface area contributed by atoms with E-state index in [1.165, 1.54) is 12.1 Å². The van der Waals surface area contributed by atoms with Crippen molar-refractivity contribution in [2.45, 2.75) is 25.8 Å². The van der Waals surface area contributed by atoms with Gasteiger partial charge in [0.1, 0.15) is 0 Å². The largest absolute Gasteiger partial charge is 0.370 e. The first-order valence-electron chi connectivity index (χ1n) is 5.93. The molecule has 1 heterocycles. The van der Waals surface area contributed by atoms with Crippen LogP contribution in [0.25, 0.3) is 0 Å². The fourth-order valence-corrected chi connectivity index (χ4v) is 2.70. The molecule has 1 aromatic carbocycles. The second kappa shape index (κ2) is 5.17. The third-order valence-corrected chi connectivity index (χ3v) is 4.28. The molecule has 0 amide bonds. The predicted molar refractivity (Wildman–Crippen MR) is 78.1 cm³/mol. The van der Waals surface area contributed by atoms with Crippen molar-refractivity contribution in [2.75, 3.05) is 24.5 Å². The van der Waals surface area contributed by atoms with Crippen molar-refractivity contribution in [3.63, 3.8) is 0 Å². The van der Waals surface area contributed by atoms with E-state index in [4.69, 9.17) is 11.6 Å². The lowest BCUT2D eigenvalue weighted by Gasteiger charge is -2.31. The van der Waals surface area contributed by atoms with Gasteiger partial charge in [0, 0.05) is 28.8 Å². The van der Waals surface area contributed by atoms with E-state index in [1.54, 1.807) is 0 Å². The Bertz CT molecular complexity index is 406. The Hall–Kier alpha value is -0.250. The van der Waals surface area contributed by atoms with Crippen LogP contribution in [-0.2, 0) is 0 Å². The predicted octanol–water partition coefficient (Wildman–Crippen LogP) is 3.68. The van der Waals surface area contributed by atoms with E-state index in [1.807, 2.05) is 6.07 Å². The first kappa shape index (κ1) is 13.2.